The molecule has 1 aliphatic heterocycles. The van der Waals surface area contributed by atoms with Gasteiger partial charge in [-0.3, -0.25) is 4.79 Å². The van der Waals surface area contributed by atoms with E-state index >= 15 is 0 Å². The smallest absolute Gasteiger partial charge is 0.326 e. The number of aliphatic hydroxyl groups is 1. The minimum Gasteiger partial charge on any atom is -0.480 e. The van der Waals surface area contributed by atoms with Crippen molar-refractivity contribution < 1.29 is 19.8 Å². The summed E-state index contributed by atoms with van der Waals surface area (Å²) < 4.78 is 0. The van der Waals surface area contributed by atoms with E-state index in [4.69, 9.17) is 10.4 Å². The summed E-state index contributed by atoms with van der Waals surface area (Å²) in [7, 11) is 0. The summed E-state index contributed by atoms with van der Waals surface area (Å²) in [5, 5.41) is 27.2. The molecule has 0 bridgehead atoms. The number of hydrogen-bond acceptors (Lipinski definition) is 4. The number of aliphatic carboxylic acids is 1. The highest BCUT2D eigenvalue weighted by Crippen LogP contribution is 2.21. The molecule has 0 aliphatic carbocycles. The maximum Gasteiger partial charge on any atom is 0.326 e. The van der Waals surface area contributed by atoms with E-state index in [0.29, 0.717) is 11.1 Å². The zero-order valence-electron chi connectivity index (χ0n) is 9.98. The molecule has 0 saturated carbocycles. The van der Waals surface area contributed by atoms with Gasteiger partial charge in [0.1, 0.15) is 6.04 Å². The number of likely N-dealkylation sites (tertiary alicyclic amines) is 1. The van der Waals surface area contributed by atoms with Gasteiger partial charge in [-0.25, -0.2) is 4.79 Å². The Kier molecular flexibility index (Phi) is 3.49. The topological polar surface area (TPSA) is 102 Å². The lowest BCUT2D eigenvalue weighted by molar-refractivity contribution is -0.141. The van der Waals surface area contributed by atoms with Gasteiger partial charge >= 0.3 is 5.97 Å². The number of rotatable bonds is 2. The van der Waals surface area contributed by atoms with E-state index in [-0.39, 0.29) is 13.0 Å². The lowest BCUT2D eigenvalue weighted by atomic mass is 10.1. The Balaban J connectivity index is 2.22. The first-order chi connectivity index (χ1) is 9.02. The number of amides is 1. The van der Waals surface area contributed by atoms with Crippen LogP contribution < -0.4 is 0 Å². The van der Waals surface area contributed by atoms with Gasteiger partial charge in [-0.1, -0.05) is 0 Å². The van der Waals surface area contributed by atoms with Crippen molar-refractivity contribution in [1.29, 1.82) is 5.26 Å². The Labute approximate surface area is 109 Å². The average Bonchev–Trinajstić information content (AvgIpc) is 2.80. The molecular weight excluding hydrogens is 248 g/mol. The van der Waals surface area contributed by atoms with Crippen LogP contribution in [0.1, 0.15) is 22.3 Å². The number of carbonyl (C=O) groups excluding carboxylic acids is 1. The molecule has 1 heterocycles. The number of nitrogens with zero attached hydrogens (tertiary/aromatic N) is 2. The highest BCUT2D eigenvalue weighted by molar-refractivity contribution is 5.97. The monoisotopic (exact) mass is 260 g/mol. The third-order valence-electron chi connectivity index (χ3n) is 3.09. The molecule has 6 nitrogen and oxygen atoms in total. The first-order valence-corrected chi connectivity index (χ1v) is 5.75. The minimum absolute atomic E-state index is 0.00972. The second-order valence-electron chi connectivity index (χ2n) is 4.39. The van der Waals surface area contributed by atoms with E-state index in [0.717, 1.165) is 4.90 Å². The SMILES string of the molecule is N#Cc1ccc(C(=O)N2C[C@@H](O)C[C@H]2C(=O)O)cc1. The average molecular weight is 260 g/mol. The number of carbonyl (C=O) groups is 2. The molecule has 98 valence electrons. The van der Waals surface area contributed by atoms with Crippen molar-refractivity contribution in [2.45, 2.75) is 18.6 Å². The number of hydrogen-bond donors (Lipinski definition) is 2. The normalized spacial score (nSPS) is 22.0. The van der Waals surface area contributed by atoms with Gasteiger partial charge in [0.25, 0.3) is 5.91 Å². The van der Waals surface area contributed by atoms with Gasteiger partial charge < -0.3 is 15.1 Å². The van der Waals surface area contributed by atoms with Gasteiger partial charge in [-0.15, -0.1) is 0 Å². The lowest BCUT2D eigenvalue weighted by Crippen LogP contribution is -2.40. The van der Waals surface area contributed by atoms with Crippen LogP contribution in [0.25, 0.3) is 0 Å². The predicted octanol–water partition coefficient (Wildman–Crippen LogP) is 0.218. The largest absolute Gasteiger partial charge is 0.480 e. The molecular formula is C13H12N2O4. The molecule has 0 radical (unpaired) electrons. The van der Waals surface area contributed by atoms with Crippen LogP contribution >= 0.6 is 0 Å². The van der Waals surface area contributed by atoms with E-state index in [1.54, 1.807) is 0 Å². The summed E-state index contributed by atoms with van der Waals surface area (Å²) in [6.07, 6.45) is -0.777. The number of nitriles is 1. The van der Waals surface area contributed by atoms with Crippen LogP contribution in [0.3, 0.4) is 0 Å². The molecule has 1 amide bonds. The number of carboxylic acids is 1. The van der Waals surface area contributed by atoms with Crippen LogP contribution in [0.2, 0.25) is 0 Å². The molecule has 6 heteroatoms. The van der Waals surface area contributed by atoms with Gasteiger partial charge in [0.2, 0.25) is 0 Å². The van der Waals surface area contributed by atoms with Gasteiger partial charge in [-0.05, 0) is 24.3 Å². The fraction of sp³-hybridized carbons (Fsp3) is 0.308. The van der Waals surface area contributed by atoms with Crippen LogP contribution in [0.4, 0.5) is 0 Å². The van der Waals surface area contributed by atoms with Crippen molar-refractivity contribution in [2.75, 3.05) is 6.54 Å². The molecule has 0 aromatic heterocycles. The standard InChI is InChI=1S/C13H12N2O4/c14-6-8-1-3-9(4-2-8)12(17)15-7-10(16)5-11(15)13(18)19/h1-4,10-11,16H,5,7H2,(H,18,19)/t10-,11-/m0/s1. The molecule has 0 unspecified atom stereocenters. The Morgan fingerprint density at radius 3 is 2.47 bits per heavy atom. The fourth-order valence-electron chi connectivity index (χ4n) is 2.13. The highest BCUT2D eigenvalue weighted by atomic mass is 16.4. The Morgan fingerprint density at radius 2 is 1.95 bits per heavy atom. The zero-order chi connectivity index (χ0) is 14.0. The van der Waals surface area contributed by atoms with Crippen molar-refractivity contribution in [3.8, 4) is 6.07 Å². The molecule has 2 N–H and O–H groups in total. The molecule has 1 aromatic carbocycles. The highest BCUT2D eigenvalue weighted by Gasteiger charge is 2.39. The van der Waals surface area contributed by atoms with Crippen molar-refractivity contribution in [1.82, 2.24) is 4.90 Å². The van der Waals surface area contributed by atoms with Gasteiger partial charge in [0.05, 0.1) is 17.7 Å². The summed E-state index contributed by atoms with van der Waals surface area (Å²) >= 11 is 0. The van der Waals surface area contributed by atoms with Gasteiger partial charge in [0, 0.05) is 18.5 Å². The Hall–Kier alpha value is -2.39. The Morgan fingerprint density at radius 1 is 1.32 bits per heavy atom. The molecule has 1 aromatic rings. The molecule has 2 atom stereocenters. The predicted molar refractivity (Wildman–Crippen MR) is 64.2 cm³/mol. The number of benzene rings is 1. The van der Waals surface area contributed by atoms with Crippen LogP contribution in [0.15, 0.2) is 24.3 Å². The molecule has 1 fully saturated rings. The minimum atomic E-state index is -1.13. The zero-order valence-corrected chi connectivity index (χ0v) is 9.98. The summed E-state index contributed by atoms with van der Waals surface area (Å²) in [4.78, 5) is 24.4. The van der Waals surface area contributed by atoms with E-state index in [9.17, 15) is 14.7 Å². The maximum absolute atomic E-state index is 12.2. The second kappa shape index (κ2) is 5.08. The van der Waals surface area contributed by atoms with E-state index in [1.807, 2.05) is 6.07 Å². The van der Waals surface area contributed by atoms with Crippen LogP contribution in [-0.2, 0) is 4.79 Å². The van der Waals surface area contributed by atoms with E-state index in [1.165, 1.54) is 24.3 Å². The van der Waals surface area contributed by atoms with Crippen molar-refractivity contribution >= 4 is 11.9 Å². The molecule has 0 spiro atoms. The molecule has 1 aliphatic rings. The second-order valence-corrected chi connectivity index (χ2v) is 4.39. The number of aliphatic hydroxyl groups excluding tert-OH is 1. The van der Waals surface area contributed by atoms with Crippen LogP contribution in [0.5, 0.6) is 0 Å². The number of β-amino-alcohol motifs (C(OH)–C–C–N with tert-alkyl or cyclic N) is 1. The number of carboxylic acid groups (broad SMARTS) is 1. The van der Waals surface area contributed by atoms with E-state index < -0.39 is 24.0 Å². The van der Waals surface area contributed by atoms with Crippen molar-refractivity contribution in [3.63, 3.8) is 0 Å². The fourth-order valence-corrected chi connectivity index (χ4v) is 2.13. The van der Waals surface area contributed by atoms with Crippen LogP contribution in [-0.4, -0.2) is 45.7 Å². The Bertz CT molecular complexity index is 547. The first-order valence-electron chi connectivity index (χ1n) is 5.75. The molecule has 1 saturated heterocycles. The van der Waals surface area contributed by atoms with Crippen molar-refractivity contribution in [3.05, 3.63) is 35.4 Å². The summed E-state index contributed by atoms with van der Waals surface area (Å²) in [5.74, 6) is -1.58. The summed E-state index contributed by atoms with van der Waals surface area (Å²) in [5.41, 5.74) is 0.729. The van der Waals surface area contributed by atoms with Crippen molar-refractivity contribution in [2.24, 2.45) is 0 Å². The molecule has 19 heavy (non-hydrogen) atoms. The van der Waals surface area contributed by atoms with Crippen LogP contribution in [0, 0.1) is 11.3 Å². The maximum atomic E-state index is 12.2. The first kappa shape index (κ1) is 13.1. The third-order valence-corrected chi connectivity index (χ3v) is 3.09. The molecule has 2 rings (SSSR count). The third kappa shape index (κ3) is 2.56. The summed E-state index contributed by atoms with van der Waals surface area (Å²) in [6, 6.07) is 6.88. The van der Waals surface area contributed by atoms with Gasteiger partial charge in [0.15, 0.2) is 0 Å². The van der Waals surface area contributed by atoms with E-state index in [2.05, 4.69) is 0 Å². The lowest BCUT2D eigenvalue weighted by Gasteiger charge is -2.21. The quantitative estimate of drug-likeness (QED) is 0.791. The summed E-state index contributed by atoms with van der Waals surface area (Å²) in [6.45, 7) is 0.00972. The van der Waals surface area contributed by atoms with Gasteiger partial charge in [-0.2, -0.15) is 5.26 Å².